The number of amides is 2. The van der Waals surface area contributed by atoms with Gasteiger partial charge >= 0.3 is 11.8 Å². The van der Waals surface area contributed by atoms with Crippen molar-refractivity contribution in [2.75, 3.05) is 17.7 Å². The fourth-order valence-electron chi connectivity index (χ4n) is 2.27. The third kappa shape index (κ3) is 4.39. The minimum atomic E-state index is -0.855. The molecule has 0 spiro atoms. The monoisotopic (exact) mass is 405 g/mol. The first-order valence-electron chi connectivity index (χ1n) is 7.62. The van der Waals surface area contributed by atoms with Crippen LogP contribution >= 0.6 is 23.2 Å². The molecule has 0 fully saturated rings. The van der Waals surface area contributed by atoms with Crippen LogP contribution in [0.3, 0.4) is 0 Å². The van der Waals surface area contributed by atoms with Crippen molar-refractivity contribution in [3.05, 3.63) is 59.0 Å². The van der Waals surface area contributed by atoms with Crippen LogP contribution in [-0.4, -0.2) is 23.9 Å². The van der Waals surface area contributed by atoms with E-state index in [4.69, 9.17) is 32.4 Å². The number of carbonyl (C=O) groups excluding carboxylic acids is 2. The molecule has 0 atom stereocenters. The van der Waals surface area contributed by atoms with Gasteiger partial charge in [-0.1, -0.05) is 23.2 Å². The summed E-state index contributed by atoms with van der Waals surface area (Å²) in [6.07, 6.45) is 2.85. The zero-order valence-electron chi connectivity index (χ0n) is 14.0. The summed E-state index contributed by atoms with van der Waals surface area (Å²) in [7, 11) is 1.48. The van der Waals surface area contributed by atoms with Gasteiger partial charge in [0.2, 0.25) is 0 Å². The average Bonchev–Trinajstić information content (AvgIpc) is 3.19. The Hall–Kier alpha value is -3.03. The number of anilines is 2. The zero-order valence-corrected chi connectivity index (χ0v) is 15.5. The van der Waals surface area contributed by atoms with Crippen LogP contribution in [0.25, 0.3) is 11.3 Å². The van der Waals surface area contributed by atoms with Crippen LogP contribution < -0.4 is 15.4 Å². The van der Waals surface area contributed by atoms with E-state index < -0.39 is 11.8 Å². The van der Waals surface area contributed by atoms with E-state index in [-0.39, 0.29) is 5.02 Å². The highest BCUT2D eigenvalue weighted by molar-refractivity contribution is 6.44. The quantitative estimate of drug-likeness (QED) is 0.633. The zero-order chi connectivity index (χ0) is 19.4. The highest BCUT2D eigenvalue weighted by Crippen LogP contribution is 2.32. The number of aromatic nitrogens is 1. The first kappa shape index (κ1) is 18.8. The number of ether oxygens (including phenoxy) is 1. The van der Waals surface area contributed by atoms with Crippen molar-refractivity contribution >= 4 is 46.4 Å². The van der Waals surface area contributed by atoms with Crippen molar-refractivity contribution in [1.29, 1.82) is 0 Å². The molecule has 138 valence electrons. The summed E-state index contributed by atoms with van der Waals surface area (Å²) in [4.78, 5) is 28.1. The number of halogens is 2. The summed E-state index contributed by atoms with van der Waals surface area (Å²) >= 11 is 11.7. The van der Waals surface area contributed by atoms with Gasteiger partial charge in [-0.3, -0.25) is 9.59 Å². The summed E-state index contributed by atoms with van der Waals surface area (Å²) in [6.45, 7) is 0. The fourth-order valence-corrected chi connectivity index (χ4v) is 2.57. The summed E-state index contributed by atoms with van der Waals surface area (Å²) in [5.74, 6) is -0.737. The number of hydrogen-bond donors (Lipinski definition) is 2. The van der Waals surface area contributed by atoms with E-state index in [1.807, 2.05) is 0 Å². The highest BCUT2D eigenvalue weighted by atomic mass is 35.5. The molecule has 0 aliphatic carbocycles. The van der Waals surface area contributed by atoms with Crippen molar-refractivity contribution in [2.24, 2.45) is 0 Å². The summed E-state index contributed by atoms with van der Waals surface area (Å²) < 4.78 is 10.5. The molecule has 3 aromatic rings. The second kappa shape index (κ2) is 8.11. The Labute approximate surface area is 164 Å². The first-order valence-corrected chi connectivity index (χ1v) is 8.38. The Morgan fingerprint density at radius 1 is 1.00 bits per heavy atom. The molecule has 0 radical (unpaired) electrons. The predicted octanol–water partition coefficient (Wildman–Crippen LogP) is 4.23. The number of rotatable bonds is 4. The van der Waals surface area contributed by atoms with Crippen LogP contribution in [0, 0.1) is 0 Å². The van der Waals surface area contributed by atoms with Crippen LogP contribution in [0.2, 0.25) is 10.0 Å². The number of oxazole rings is 1. The Kier molecular flexibility index (Phi) is 5.63. The molecule has 7 nitrogen and oxygen atoms in total. The maximum Gasteiger partial charge on any atom is 0.314 e. The molecule has 1 heterocycles. The van der Waals surface area contributed by atoms with Gasteiger partial charge in [0, 0.05) is 17.4 Å². The molecule has 0 aliphatic heterocycles. The Bertz CT molecular complexity index is 990. The largest absolute Gasteiger partial charge is 0.496 e. The number of hydrogen-bond acceptors (Lipinski definition) is 5. The average molecular weight is 406 g/mol. The summed E-state index contributed by atoms with van der Waals surface area (Å²) in [5, 5.41) is 5.55. The van der Waals surface area contributed by atoms with Gasteiger partial charge in [-0.25, -0.2) is 4.98 Å². The van der Waals surface area contributed by atoms with E-state index in [0.29, 0.717) is 33.5 Å². The van der Waals surface area contributed by atoms with Crippen molar-refractivity contribution in [2.45, 2.75) is 0 Å². The molecule has 0 aliphatic rings. The lowest BCUT2D eigenvalue weighted by Crippen LogP contribution is -2.29. The van der Waals surface area contributed by atoms with Crippen LogP contribution in [0.1, 0.15) is 0 Å². The third-order valence-electron chi connectivity index (χ3n) is 3.54. The smallest absolute Gasteiger partial charge is 0.314 e. The molecule has 27 heavy (non-hydrogen) atoms. The lowest BCUT2D eigenvalue weighted by atomic mass is 10.1. The van der Waals surface area contributed by atoms with E-state index in [1.54, 1.807) is 24.4 Å². The Morgan fingerprint density at radius 2 is 1.67 bits per heavy atom. The number of nitrogens with one attached hydrogen (secondary N) is 2. The van der Waals surface area contributed by atoms with E-state index in [9.17, 15) is 9.59 Å². The van der Waals surface area contributed by atoms with Crippen molar-refractivity contribution in [3.63, 3.8) is 0 Å². The van der Waals surface area contributed by atoms with Crippen LogP contribution in [0.15, 0.2) is 53.4 Å². The number of benzene rings is 2. The molecular formula is C18H13Cl2N3O4. The highest BCUT2D eigenvalue weighted by Gasteiger charge is 2.16. The first-order chi connectivity index (χ1) is 13.0. The minimum Gasteiger partial charge on any atom is -0.496 e. The number of nitrogens with zero attached hydrogens (tertiary/aromatic N) is 1. The molecule has 1 aromatic heterocycles. The molecule has 2 amide bonds. The number of carbonyl (C=O) groups is 2. The van der Waals surface area contributed by atoms with Gasteiger partial charge in [0.1, 0.15) is 5.75 Å². The standard InChI is InChI=1S/C18H13Cl2N3O4/c1-26-15-7-11(2-4-12(15)16-8-21-9-27-16)23-18(25)17(24)22-10-3-5-13(19)14(20)6-10/h2-9H,1H3,(H,22,24)(H,23,25). The molecule has 0 bridgehead atoms. The van der Waals surface area contributed by atoms with E-state index in [2.05, 4.69) is 15.6 Å². The fraction of sp³-hybridized carbons (Fsp3) is 0.0556. The molecule has 0 unspecified atom stereocenters. The number of methoxy groups -OCH3 is 1. The predicted molar refractivity (Wildman–Crippen MR) is 102 cm³/mol. The van der Waals surface area contributed by atoms with Gasteiger partial charge < -0.3 is 19.8 Å². The van der Waals surface area contributed by atoms with E-state index in [1.165, 1.54) is 31.7 Å². The molecule has 0 saturated carbocycles. The summed E-state index contributed by atoms with van der Waals surface area (Å²) in [6, 6.07) is 9.38. The van der Waals surface area contributed by atoms with Crippen LogP contribution in [0.5, 0.6) is 5.75 Å². The molecule has 9 heteroatoms. The van der Waals surface area contributed by atoms with E-state index in [0.717, 1.165) is 0 Å². The molecule has 2 N–H and O–H groups in total. The lowest BCUT2D eigenvalue weighted by molar-refractivity contribution is -0.132. The SMILES string of the molecule is COc1cc(NC(=O)C(=O)Nc2ccc(Cl)c(Cl)c2)ccc1-c1cnco1. The van der Waals surface area contributed by atoms with Crippen LogP contribution in [0.4, 0.5) is 11.4 Å². The van der Waals surface area contributed by atoms with E-state index >= 15 is 0 Å². The van der Waals surface area contributed by atoms with Gasteiger partial charge in [-0.2, -0.15) is 0 Å². The van der Waals surface area contributed by atoms with Gasteiger partial charge in [0.15, 0.2) is 12.2 Å². The topological polar surface area (TPSA) is 93.5 Å². The second-order valence-electron chi connectivity index (χ2n) is 5.32. The Morgan fingerprint density at radius 3 is 2.26 bits per heavy atom. The minimum absolute atomic E-state index is 0.266. The van der Waals surface area contributed by atoms with Gasteiger partial charge in [0.05, 0.1) is 28.9 Å². The van der Waals surface area contributed by atoms with Gasteiger partial charge in [-0.05, 0) is 30.3 Å². The van der Waals surface area contributed by atoms with Gasteiger partial charge in [-0.15, -0.1) is 0 Å². The lowest BCUT2D eigenvalue weighted by Gasteiger charge is -2.10. The maximum absolute atomic E-state index is 12.1. The molecule has 2 aromatic carbocycles. The maximum atomic E-state index is 12.1. The van der Waals surface area contributed by atoms with Gasteiger partial charge in [0.25, 0.3) is 0 Å². The normalized spacial score (nSPS) is 10.3. The molecule has 3 rings (SSSR count). The third-order valence-corrected chi connectivity index (χ3v) is 4.28. The van der Waals surface area contributed by atoms with Crippen molar-refractivity contribution in [3.8, 4) is 17.1 Å². The Balaban J connectivity index is 1.71. The molecular weight excluding hydrogens is 393 g/mol. The van der Waals surface area contributed by atoms with Crippen molar-refractivity contribution in [1.82, 2.24) is 4.98 Å². The van der Waals surface area contributed by atoms with Crippen LogP contribution in [-0.2, 0) is 9.59 Å². The van der Waals surface area contributed by atoms with Crippen molar-refractivity contribution < 1.29 is 18.7 Å². The molecule has 0 saturated heterocycles. The second-order valence-corrected chi connectivity index (χ2v) is 6.13. The summed E-state index contributed by atoms with van der Waals surface area (Å²) in [5.41, 5.74) is 1.39.